The molecule has 0 heteroatoms. The lowest BCUT2D eigenvalue weighted by atomic mass is 10.1. The summed E-state index contributed by atoms with van der Waals surface area (Å²) in [5.74, 6) is 0. The van der Waals surface area contributed by atoms with E-state index in [1.807, 2.05) is 6.07 Å². The fraction of sp³-hybridized carbons (Fsp3) is 0.444. The van der Waals surface area contributed by atoms with Crippen LogP contribution in [-0.2, 0) is 0 Å². The van der Waals surface area contributed by atoms with E-state index < -0.39 is 0 Å². The van der Waals surface area contributed by atoms with E-state index in [1.165, 1.54) is 50.5 Å². The van der Waals surface area contributed by atoms with Crippen LogP contribution in [0, 0.1) is 0 Å². The average molecular weight is 242 g/mol. The molecule has 0 N–H and O–H groups in total. The first-order chi connectivity index (χ1) is 8.93. The zero-order valence-electron chi connectivity index (χ0n) is 11.6. The van der Waals surface area contributed by atoms with Crippen molar-refractivity contribution in [3.8, 4) is 0 Å². The first-order valence-electron chi connectivity index (χ1n) is 7.31. The summed E-state index contributed by atoms with van der Waals surface area (Å²) in [5.41, 5.74) is 1.27. The molecule has 0 amide bonds. The molecule has 0 saturated heterocycles. The normalized spacial score (nSPS) is 11.6. The topological polar surface area (TPSA) is 0 Å². The Labute approximate surface area is 112 Å². The van der Waals surface area contributed by atoms with E-state index in [-0.39, 0.29) is 0 Å². The van der Waals surface area contributed by atoms with Crippen LogP contribution in [0.5, 0.6) is 0 Å². The van der Waals surface area contributed by atoms with Gasteiger partial charge in [0.15, 0.2) is 0 Å². The van der Waals surface area contributed by atoms with Crippen LogP contribution in [0.25, 0.3) is 6.08 Å². The molecule has 0 unspecified atom stereocenters. The Kier molecular flexibility index (Phi) is 8.88. The number of unbranched alkanes of at least 4 members (excludes halogenated alkanes) is 6. The smallest absolute Gasteiger partial charge is 0.0257 e. The van der Waals surface area contributed by atoms with E-state index in [4.69, 9.17) is 0 Å². The molecule has 0 aliphatic rings. The van der Waals surface area contributed by atoms with Gasteiger partial charge in [0.05, 0.1) is 0 Å². The molecule has 0 spiro atoms. The second kappa shape index (κ2) is 10.8. The first-order valence-corrected chi connectivity index (χ1v) is 7.31. The van der Waals surface area contributed by atoms with Gasteiger partial charge in [0, 0.05) is 0 Å². The van der Waals surface area contributed by atoms with Crippen molar-refractivity contribution in [1.82, 2.24) is 0 Å². The van der Waals surface area contributed by atoms with Crippen LogP contribution < -0.4 is 0 Å². The molecule has 0 heterocycles. The summed E-state index contributed by atoms with van der Waals surface area (Å²) < 4.78 is 0. The minimum Gasteiger partial charge on any atom is -0.0845 e. The molecule has 0 aromatic heterocycles. The van der Waals surface area contributed by atoms with Crippen LogP contribution in [0.4, 0.5) is 0 Å². The van der Waals surface area contributed by atoms with Gasteiger partial charge in [0.2, 0.25) is 0 Å². The maximum absolute atomic E-state index is 2.28. The van der Waals surface area contributed by atoms with E-state index in [0.29, 0.717) is 0 Å². The Bertz CT molecular complexity index is 332. The van der Waals surface area contributed by atoms with Crippen molar-refractivity contribution in [2.45, 2.75) is 51.9 Å². The second-order valence-electron chi connectivity index (χ2n) is 4.75. The summed E-state index contributed by atoms with van der Waals surface area (Å²) in [4.78, 5) is 0. The van der Waals surface area contributed by atoms with Crippen LogP contribution in [0.15, 0.2) is 48.6 Å². The van der Waals surface area contributed by atoms with Crippen molar-refractivity contribution < 1.29 is 0 Å². The maximum atomic E-state index is 2.28. The molecule has 0 fully saturated rings. The van der Waals surface area contributed by atoms with Crippen molar-refractivity contribution in [3.63, 3.8) is 0 Å². The molecule has 1 rings (SSSR count). The summed E-state index contributed by atoms with van der Waals surface area (Å²) in [7, 11) is 0. The average Bonchev–Trinajstić information content (AvgIpc) is 2.42. The second-order valence-corrected chi connectivity index (χ2v) is 4.75. The fourth-order valence-electron chi connectivity index (χ4n) is 1.95. The van der Waals surface area contributed by atoms with Crippen molar-refractivity contribution in [3.05, 3.63) is 54.1 Å². The van der Waals surface area contributed by atoms with E-state index in [9.17, 15) is 0 Å². The highest BCUT2D eigenvalue weighted by atomic mass is 13.9. The lowest BCUT2D eigenvalue weighted by Gasteiger charge is -1.97. The van der Waals surface area contributed by atoms with Crippen LogP contribution in [0.3, 0.4) is 0 Å². The van der Waals surface area contributed by atoms with Gasteiger partial charge in [-0.1, -0.05) is 93.7 Å². The predicted octanol–water partition coefficient (Wildman–Crippen LogP) is 6.01. The van der Waals surface area contributed by atoms with Crippen LogP contribution in [0.1, 0.15) is 57.4 Å². The van der Waals surface area contributed by atoms with E-state index >= 15 is 0 Å². The Morgan fingerprint density at radius 2 is 1.56 bits per heavy atom. The van der Waals surface area contributed by atoms with Crippen molar-refractivity contribution in [1.29, 1.82) is 0 Å². The van der Waals surface area contributed by atoms with Gasteiger partial charge in [-0.25, -0.2) is 0 Å². The maximum Gasteiger partial charge on any atom is -0.0257 e. The minimum atomic E-state index is 1.21. The highest BCUT2D eigenvalue weighted by Crippen LogP contribution is 2.07. The quantitative estimate of drug-likeness (QED) is 0.367. The Balaban J connectivity index is 2.02. The van der Waals surface area contributed by atoms with Gasteiger partial charge in [-0.3, -0.25) is 0 Å². The third-order valence-electron chi connectivity index (χ3n) is 3.06. The van der Waals surface area contributed by atoms with Gasteiger partial charge in [-0.2, -0.15) is 0 Å². The number of benzene rings is 1. The van der Waals surface area contributed by atoms with Gasteiger partial charge in [-0.15, -0.1) is 0 Å². The number of allylic oxidation sites excluding steroid dienone is 3. The van der Waals surface area contributed by atoms with Crippen LogP contribution >= 0.6 is 0 Å². The summed E-state index contributed by atoms with van der Waals surface area (Å²) in [6.07, 6.45) is 18.2. The summed E-state index contributed by atoms with van der Waals surface area (Å²) in [6.45, 7) is 2.27. The molecular formula is C18H26. The van der Waals surface area contributed by atoms with Gasteiger partial charge in [0.1, 0.15) is 0 Å². The van der Waals surface area contributed by atoms with Crippen molar-refractivity contribution in [2.24, 2.45) is 0 Å². The zero-order valence-corrected chi connectivity index (χ0v) is 11.6. The van der Waals surface area contributed by atoms with Crippen molar-refractivity contribution >= 4 is 6.08 Å². The largest absolute Gasteiger partial charge is 0.0845 e. The van der Waals surface area contributed by atoms with E-state index in [0.717, 1.165) is 0 Å². The SMILES string of the molecule is CCCCCCCCC=C/C=C/c1ccccc1. The molecule has 1 aromatic rings. The minimum absolute atomic E-state index is 1.21. The molecule has 0 aliphatic heterocycles. The molecule has 0 nitrogen and oxygen atoms in total. The lowest BCUT2D eigenvalue weighted by Crippen LogP contribution is -1.77. The van der Waals surface area contributed by atoms with Crippen molar-refractivity contribution in [2.75, 3.05) is 0 Å². The molecular weight excluding hydrogens is 216 g/mol. The number of hydrogen-bond donors (Lipinski definition) is 0. The van der Waals surface area contributed by atoms with Gasteiger partial charge in [-0.05, 0) is 18.4 Å². The summed E-state index contributed by atoms with van der Waals surface area (Å²) >= 11 is 0. The van der Waals surface area contributed by atoms with Crippen LogP contribution in [0.2, 0.25) is 0 Å². The zero-order chi connectivity index (χ0) is 12.9. The Morgan fingerprint density at radius 3 is 2.33 bits per heavy atom. The molecule has 0 saturated carbocycles. The lowest BCUT2D eigenvalue weighted by molar-refractivity contribution is 0.611. The Morgan fingerprint density at radius 1 is 0.833 bits per heavy atom. The monoisotopic (exact) mass is 242 g/mol. The predicted molar refractivity (Wildman–Crippen MR) is 82.6 cm³/mol. The molecule has 0 bridgehead atoms. The first kappa shape index (κ1) is 14.8. The molecule has 1 aromatic carbocycles. The highest BCUT2D eigenvalue weighted by Gasteiger charge is 1.87. The molecule has 18 heavy (non-hydrogen) atoms. The van der Waals surface area contributed by atoms with Gasteiger partial charge < -0.3 is 0 Å². The standard InChI is InChI=1S/C18H26/c1-2-3-4-5-6-7-8-9-10-12-15-18-16-13-11-14-17-18/h9-17H,2-8H2,1H3/b10-9?,15-12+. The fourth-order valence-corrected chi connectivity index (χ4v) is 1.95. The summed E-state index contributed by atoms with van der Waals surface area (Å²) in [5, 5.41) is 0. The molecule has 0 aliphatic carbocycles. The number of hydrogen-bond acceptors (Lipinski definition) is 0. The highest BCUT2D eigenvalue weighted by molar-refractivity contribution is 5.50. The molecule has 98 valence electrons. The van der Waals surface area contributed by atoms with E-state index in [1.54, 1.807) is 0 Å². The van der Waals surface area contributed by atoms with Crippen LogP contribution in [-0.4, -0.2) is 0 Å². The third-order valence-corrected chi connectivity index (χ3v) is 3.06. The molecule has 0 atom stereocenters. The third kappa shape index (κ3) is 7.89. The number of rotatable bonds is 9. The molecule has 0 radical (unpaired) electrons. The van der Waals surface area contributed by atoms with E-state index in [2.05, 4.69) is 55.5 Å². The van der Waals surface area contributed by atoms with Gasteiger partial charge >= 0.3 is 0 Å². The Hall–Kier alpha value is -1.30. The summed E-state index contributed by atoms with van der Waals surface area (Å²) in [6, 6.07) is 10.4. The van der Waals surface area contributed by atoms with Gasteiger partial charge in [0.25, 0.3) is 0 Å².